The van der Waals surface area contributed by atoms with Crippen LogP contribution in [-0.2, 0) is 9.59 Å². The molecule has 0 radical (unpaired) electrons. The molecule has 0 spiro atoms. The fraction of sp³-hybridized carbons (Fsp3) is 0.250. The van der Waals surface area contributed by atoms with Gasteiger partial charge in [-0.3, -0.25) is 4.79 Å². The fourth-order valence-electron chi connectivity index (χ4n) is 1.26. The number of amides is 1. The van der Waals surface area contributed by atoms with Gasteiger partial charge in [-0.1, -0.05) is 12.1 Å². The van der Waals surface area contributed by atoms with Crippen molar-refractivity contribution >= 4 is 35.5 Å². The Morgan fingerprint density at radius 1 is 1.24 bits per heavy atom. The van der Waals surface area contributed by atoms with Crippen LogP contribution in [0, 0.1) is 0 Å². The highest BCUT2D eigenvalue weighted by Gasteiger charge is 2.10. The molecule has 9 heteroatoms. The molecule has 1 rings (SSSR count). The molecule has 21 heavy (non-hydrogen) atoms. The molecule has 1 aromatic rings. The van der Waals surface area contributed by atoms with E-state index in [1.807, 2.05) is 0 Å². The van der Waals surface area contributed by atoms with E-state index < -0.39 is 23.9 Å². The topological polar surface area (TPSA) is 134 Å². The summed E-state index contributed by atoms with van der Waals surface area (Å²) >= 11 is 0.831. The van der Waals surface area contributed by atoms with Crippen LogP contribution in [-0.4, -0.2) is 29.6 Å². The largest absolute Gasteiger partial charge is 0.548 e. The Kier molecular flexibility index (Phi) is 6.34. The van der Waals surface area contributed by atoms with Gasteiger partial charge in [0, 0.05) is 24.6 Å². The van der Waals surface area contributed by atoms with Gasteiger partial charge in [0.2, 0.25) is 5.91 Å². The van der Waals surface area contributed by atoms with Gasteiger partial charge in [0.25, 0.3) is 0 Å². The predicted octanol–water partition coefficient (Wildman–Crippen LogP) is -0.963. The predicted molar refractivity (Wildman–Crippen MR) is 70.4 cm³/mol. The Morgan fingerprint density at radius 2 is 1.86 bits per heavy atom. The molecule has 1 aromatic carbocycles. The van der Waals surface area contributed by atoms with Gasteiger partial charge in [-0.15, -0.1) is 9.63 Å². The molecule has 0 saturated heterocycles. The number of carbonyl (C=O) groups excluding carboxylic acids is 3. The van der Waals surface area contributed by atoms with E-state index in [1.165, 1.54) is 31.2 Å². The zero-order chi connectivity index (χ0) is 15.8. The summed E-state index contributed by atoms with van der Waals surface area (Å²) in [6, 6.07) is 4.33. The first-order chi connectivity index (χ1) is 9.90. The van der Waals surface area contributed by atoms with Crippen LogP contribution in [0.2, 0.25) is 0 Å². The second kappa shape index (κ2) is 8.00. The molecule has 0 unspecified atom stereocenters. The summed E-state index contributed by atoms with van der Waals surface area (Å²) in [5.74, 6) is -3.23. The van der Waals surface area contributed by atoms with Crippen molar-refractivity contribution in [1.29, 1.82) is 0 Å². The maximum atomic E-state index is 10.8. The third kappa shape index (κ3) is 6.04. The van der Waals surface area contributed by atoms with E-state index in [0.717, 1.165) is 11.9 Å². The highest BCUT2D eigenvalue weighted by molar-refractivity contribution is 7.97. The van der Waals surface area contributed by atoms with Crippen molar-refractivity contribution in [2.75, 3.05) is 5.75 Å². The van der Waals surface area contributed by atoms with E-state index in [1.54, 1.807) is 0 Å². The van der Waals surface area contributed by atoms with Crippen LogP contribution in [0.4, 0.5) is 5.69 Å². The second-order valence-electron chi connectivity index (χ2n) is 3.88. The quantitative estimate of drug-likeness (QED) is 0.509. The van der Waals surface area contributed by atoms with Crippen molar-refractivity contribution < 1.29 is 24.6 Å². The fourth-order valence-corrected chi connectivity index (χ4v) is 1.85. The molecule has 0 heterocycles. The number of rotatable bonds is 7. The Balaban J connectivity index is 2.51. The number of nitrogens with one attached hydrogen (secondary N) is 1. The smallest absolute Gasteiger partial charge is 0.217 e. The second-order valence-corrected chi connectivity index (χ2v) is 4.64. The number of benzene rings is 1. The third-order valence-electron chi connectivity index (χ3n) is 2.22. The summed E-state index contributed by atoms with van der Waals surface area (Å²) in [6.45, 7) is 1.20. The lowest BCUT2D eigenvalue weighted by Crippen LogP contribution is -2.48. The average molecular weight is 309 g/mol. The summed E-state index contributed by atoms with van der Waals surface area (Å²) in [6.07, 6.45) is 0. The summed E-state index contributed by atoms with van der Waals surface area (Å²) in [5, 5.41) is 27.2. The zero-order valence-corrected chi connectivity index (χ0v) is 11.8. The zero-order valence-electron chi connectivity index (χ0n) is 10.9. The number of carboxylic acids is 2. The van der Waals surface area contributed by atoms with Crippen LogP contribution in [0.15, 0.2) is 33.9 Å². The molecule has 0 aliphatic carbocycles. The first kappa shape index (κ1) is 16.6. The molecule has 0 aliphatic heterocycles. The van der Waals surface area contributed by atoms with Gasteiger partial charge in [0.1, 0.15) is 0 Å². The minimum Gasteiger partial charge on any atom is -0.548 e. The monoisotopic (exact) mass is 309 g/mol. The van der Waals surface area contributed by atoms with E-state index in [0.29, 0.717) is 5.69 Å². The molecular weight excluding hydrogens is 298 g/mol. The lowest BCUT2D eigenvalue weighted by Gasteiger charge is -2.16. The summed E-state index contributed by atoms with van der Waals surface area (Å²) in [5.41, 5.74) is 0.418. The van der Waals surface area contributed by atoms with Crippen LogP contribution in [0.25, 0.3) is 0 Å². The number of carbonyl (C=O) groups is 3. The number of hydrogen-bond acceptors (Lipinski definition) is 8. The number of aromatic carboxylic acids is 1. The average Bonchev–Trinajstić information content (AvgIpc) is 2.42. The molecule has 112 valence electrons. The number of aliphatic carboxylic acids is 1. The molecular formula is C12H11N3O5S-2. The summed E-state index contributed by atoms with van der Waals surface area (Å²) in [7, 11) is 0. The van der Waals surface area contributed by atoms with Crippen molar-refractivity contribution in [2.24, 2.45) is 9.63 Å². The molecule has 0 aliphatic rings. The van der Waals surface area contributed by atoms with Crippen LogP contribution < -0.4 is 15.5 Å². The minimum absolute atomic E-state index is 0.0178. The molecule has 0 saturated carbocycles. The highest BCUT2D eigenvalue weighted by Crippen LogP contribution is 2.16. The normalized spacial score (nSPS) is 12.0. The van der Waals surface area contributed by atoms with Crippen LogP contribution >= 0.6 is 11.9 Å². The Labute approximate surface area is 124 Å². The number of carboxylic acid groups (broad SMARTS) is 2. The third-order valence-corrected chi connectivity index (χ3v) is 2.90. The van der Waals surface area contributed by atoms with Crippen LogP contribution in [0.3, 0.4) is 0 Å². The van der Waals surface area contributed by atoms with Gasteiger partial charge in [0.15, 0.2) is 0 Å². The van der Waals surface area contributed by atoms with E-state index in [4.69, 9.17) is 0 Å². The van der Waals surface area contributed by atoms with Crippen molar-refractivity contribution in [3.63, 3.8) is 0 Å². The van der Waals surface area contributed by atoms with E-state index in [2.05, 4.69) is 15.0 Å². The van der Waals surface area contributed by atoms with Crippen molar-refractivity contribution in [2.45, 2.75) is 13.0 Å². The van der Waals surface area contributed by atoms with E-state index in [9.17, 15) is 24.6 Å². The number of nitrogens with zero attached hydrogens (tertiary/aromatic N) is 2. The molecule has 0 fully saturated rings. The first-order valence-electron chi connectivity index (χ1n) is 5.72. The molecule has 1 amide bonds. The van der Waals surface area contributed by atoms with Gasteiger partial charge < -0.3 is 25.1 Å². The van der Waals surface area contributed by atoms with Gasteiger partial charge >= 0.3 is 0 Å². The van der Waals surface area contributed by atoms with Crippen molar-refractivity contribution in [3.8, 4) is 0 Å². The Morgan fingerprint density at radius 3 is 2.33 bits per heavy atom. The SMILES string of the molecule is CC(=O)N[C@@H](CSN=Nc1ccc(C(=O)[O-])cc1)C(=O)[O-]. The number of hydrogen-bond donors (Lipinski definition) is 1. The van der Waals surface area contributed by atoms with Gasteiger partial charge in [-0.2, -0.15) is 0 Å². The molecule has 0 aromatic heterocycles. The Bertz CT molecular complexity index is 559. The maximum absolute atomic E-state index is 10.8. The van der Waals surface area contributed by atoms with Crippen LogP contribution in [0.1, 0.15) is 17.3 Å². The minimum atomic E-state index is -1.41. The molecule has 1 N–H and O–H groups in total. The van der Waals surface area contributed by atoms with Gasteiger partial charge in [-0.25, -0.2) is 0 Å². The highest BCUT2D eigenvalue weighted by atomic mass is 32.2. The van der Waals surface area contributed by atoms with Crippen molar-refractivity contribution in [1.82, 2.24) is 5.32 Å². The molecule has 0 bridgehead atoms. The first-order valence-corrected chi connectivity index (χ1v) is 6.66. The summed E-state index contributed by atoms with van der Waals surface area (Å²) in [4.78, 5) is 32.0. The lowest BCUT2D eigenvalue weighted by atomic mass is 10.2. The van der Waals surface area contributed by atoms with Gasteiger partial charge in [-0.05, 0) is 17.7 Å². The van der Waals surface area contributed by atoms with Gasteiger partial charge in [0.05, 0.1) is 23.7 Å². The van der Waals surface area contributed by atoms with E-state index >= 15 is 0 Å². The standard InChI is InChI=1S/C12H13N3O5S/c1-7(16)13-10(12(19)20)6-21-15-14-9-4-2-8(3-5-9)11(17)18/h2-5,10H,6H2,1H3,(H,13,16)(H,17,18)(H,19,20)/p-2/t10-/m0/s1. The van der Waals surface area contributed by atoms with E-state index in [-0.39, 0.29) is 11.3 Å². The van der Waals surface area contributed by atoms with Crippen LogP contribution in [0.5, 0.6) is 0 Å². The van der Waals surface area contributed by atoms with Crippen molar-refractivity contribution in [3.05, 3.63) is 29.8 Å². The molecule has 1 atom stereocenters. The Hall–Kier alpha value is -2.42. The maximum Gasteiger partial charge on any atom is 0.217 e. The summed E-state index contributed by atoms with van der Waals surface area (Å²) < 4.78 is 3.68. The lowest BCUT2D eigenvalue weighted by molar-refractivity contribution is -0.307. The molecule has 8 nitrogen and oxygen atoms in total.